The van der Waals surface area contributed by atoms with Crippen molar-refractivity contribution in [3.63, 3.8) is 0 Å². The SMILES string of the molecule is Cn1c(=O)c2c(ncn2CC(=O)NCC2CCCO2)n(C)c1=O. The minimum atomic E-state index is -0.465. The van der Waals surface area contributed by atoms with Gasteiger partial charge in [-0.2, -0.15) is 0 Å². The fourth-order valence-corrected chi connectivity index (χ4v) is 2.76. The fourth-order valence-electron chi connectivity index (χ4n) is 2.76. The Bertz CT molecular complexity index is 856. The van der Waals surface area contributed by atoms with E-state index in [9.17, 15) is 14.4 Å². The molecule has 1 N–H and O–H groups in total. The van der Waals surface area contributed by atoms with Crippen LogP contribution < -0.4 is 16.6 Å². The number of carbonyl (C=O) groups excluding carboxylic acids is 1. The Morgan fingerprint density at radius 1 is 1.39 bits per heavy atom. The number of amides is 1. The Hall–Kier alpha value is -2.42. The lowest BCUT2D eigenvalue weighted by atomic mass is 10.2. The number of fused-ring (bicyclic) bond motifs is 1. The van der Waals surface area contributed by atoms with Gasteiger partial charge in [-0.05, 0) is 12.8 Å². The lowest BCUT2D eigenvalue weighted by Crippen LogP contribution is -2.38. The number of carbonyl (C=O) groups is 1. The molecule has 1 atom stereocenters. The Labute approximate surface area is 131 Å². The van der Waals surface area contributed by atoms with Crippen LogP contribution in [0.1, 0.15) is 12.8 Å². The second kappa shape index (κ2) is 5.99. The van der Waals surface area contributed by atoms with Crippen molar-refractivity contribution < 1.29 is 9.53 Å². The van der Waals surface area contributed by atoms with Crippen LogP contribution in [0.3, 0.4) is 0 Å². The Morgan fingerprint density at radius 3 is 2.87 bits per heavy atom. The van der Waals surface area contributed by atoms with Crippen LogP contribution in [-0.4, -0.2) is 43.8 Å². The molecular weight excluding hydrogens is 302 g/mol. The molecule has 0 saturated carbocycles. The van der Waals surface area contributed by atoms with E-state index in [1.165, 1.54) is 22.5 Å². The molecule has 9 heteroatoms. The third-order valence-electron chi connectivity index (χ3n) is 4.08. The number of rotatable bonds is 4. The van der Waals surface area contributed by atoms with Crippen molar-refractivity contribution in [3.05, 3.63) is 27.2 Å². The molecule has 23 heavy (non-hydrogen) atoms. The van der Waals surface area contributed by atoms with E-state index in [-0.39, 0.29) is 29.7 Å². The van der Waals surface area contributed by atoms with Gasteiger partial charge in [-0.15, -0.1) is 0 Å². The second-order valence-corrected chi connectivity index (χ2v) is 5.69. The zero-order valence-corrected chi connectivity index (χ0v) is 13.1. The number of hydrogen-bond donors (Lipinski definition) is 1. The van der Waals surface area contributed by atoms with Gasteiger partial charge in [0.15, 0.2) is 11.2 Å². The van der Waals surface area contributed by atoms with Crippen LogP contribution in [0.2, 0.25) is 0 Å². The van der Waals surface area contributed by atoms with Gasteiger partial charge < -0.3 is 14.6 Å². The summed E-state index contributed by atoms with van der Waals surface area (Å²) in [5.41, 5.74) is -0.407. The van der Waals surface area contributed by atoms with Crippen LogP contribution in [0.4, 0.5) is 0 Å². The second-order valence-electron chi connectivity index (χ2n) is 5.69. The molecule has 3 heterocycles. The molecule has 0 aliphatic carbocycles. The number of aryl methyl sites for hydroxylation is 1. The van der Waals surface area contributed by atoms with Crippen molar-refractivity contribution >= 4 is 17.1 Å². The van der Waals surface area contributed by atoms with E-state index in [0.29, 0.717) is 6.54 Å². The Kier molecular flexibility index (Phi) is 4.03. The quantitative estimate of drug-likeness (QED) is 0.757. The van der Waals surface area contributed by atoms with Gasteiger partial charge in [-0.1, -0.05) is 0 Å². The molecule has 2 aromatic heterocycles. The highest BCUT2D eigenvalue weighted by atomic mass is 16.5. The molecule has 1 aliphatic heterocycles. The predicted octanol–water partition coefficient (Wildman–Crippen LogP) is -1.27. The Balaban J connectivity index is 1.82. The largest absolute Gasteiger partial charge is 0.376 e. The first-order valence-electron chi connectivity index (χ1n) is 7.48. The van der Waals surface area contributed by atoms with Crippen molar-refractivity contribution in [1.29, 1.82) is 0 Å². The highest BCUT2D eigenvalue weighted by molar-refractivity contribution is 5.78. The standard InChI is InChI=1S/C14H19N5O4/c1-17-12-11(13(21)18(2)14(17)22)19(8-16-12)7-10(20)15-6-9-4-3-5-23-9/h8-9H,3-7H2,1-2H3,(H,15,20). The smallest absolute Gasteiger partial charge is 0.332 e. The van der Waals surface area contributed by atoms with Gasteiger partial charge >= 0.3 is 5.69 Å². The molecule has 1 fully saturated rings. The summed E-state index contributed by atoms with van der Waals surface area (Å²) < 4.78 is 9.20. The average molecular weight is 321 g/mol. The lowest BCUT2D eigenvalue weighted by molar-refractivity contribution is -0.122. The minimum absolute atomic E-state index is 0.0311. The number of ether oxygens (including phenoxy) is 1. The van der Waals surface area contributed by atoms with Crippen molar-refractivity contribution in [2.45, 2.75) is 25.5 Å². The maximum Gasteiger partial charge on any atom is 0.332 e. The monoisotopic (exact) mass is 321 g/mol. The van der Waals surface area contributed by atoms with Crippen LogP contribution in [0.15, 0.2) is 15.9 Å². The van der Waals surface area contributed by atoms with E-state index >= 15 is 0 Å². The summed E-state index contributed by atoms with van der Waals surface area (Å²) in [5, 5.41) is 2.80. The molecule has 1 amide bonds. The van der Waals surface area contributed by atoms with Gasteiger partial charge in [-0.3, -0.25) is 18.7 Å². The fraction of sp³-hybridized carbons (Fsp3) is 0.571. The van der Waals surface area contributed by atoms with Crippen LogP contribution >= 0.6 is 0 Å². The van der Waals surface area contributed by atoms with Crippen LogP contribution in [0, 0.1) is 0 Å². The molecule has 1 saturated heterocycles. The number of imidazole rings is 1. The topological polar surface area (TPSA) is 100 Å². The summed E-state index contributed by atoms with van der Waals surface area (Å²) in [4.78, 5) is 40.3. The zero-order valence-electron chi connectivity index (χ0n) is 13.1. The van der Waals surface area contributed by atoms with Crippen molar-refractivity contribution in [2.24, 2.45) is 14.1 Å². The molecule has 2 aromatic rings. The molecule has 3 rings (SSSR count). The van der Waals surface area contributed by atoms with Crippen LogP contribution in [0.5, 0.6) is 0 Å². The molecule has 0 radical (unpaired) electrons. The van der Waals surface area contributed by atoms with Crippen molar-refractivity contribution in [1.82, 2.24) is 24.0 Å². The Morgan fingerprint density at radius 2 is 2.17 bits per heavy atom. The molecule has 1 unspecified atom stereocenters. The summed E-state index contributed by atoms with van der Waals surface area (Å²) >= 11 is 0. The van der Waals surface area contributed by atoms with E-state index < -0.39 is 11.2 Å². The molecule has 1 aliphatic rings. The summed E-state index contributed by atoms with van der Waals surface area (Å²) in [6.07, 6.45) is 3.41. The third kappa shape index (κ3) is 2.79. The molecular formula is C14H19N5O4. The van der Waals surface area contributed by atoms with Gasteiger partial charge in [0.05, 0.1) is 12.4 Å². The van der Waals surface area contributed by atoms with Gasteiger partial charge in [0.2, 0.25) is 5.91 Å². The minimum Gasteiger partial charge on any atom is -0.376 e. The number of nitrogens with zero attached hydrogens (tertiary/aromatic N) is 4. The lowest BCUT2D eigenvalue weighted by Gasteiger charge is -2.11. The van der Waals surface area contributed by atoms with E-state index in [1.54, 1.807) is 7.05 Å². The normalized spacial score (nSPS) is 17.7. The van der Waals surface area contributed by atoms with E-state index in [4.69, 9.17) is 4.74 Å². The zero-order chi connectivity index (χ0) is 16.6. The highest BCUT2D eigenvalue weighted by Gasteiger charge is 2.18. The number of nitrogens with one attached hydrogen (secondary N) is 1. The first kappa shape index (κ1) is 15.5. The maximum atomic E-state index is 12.3. The summed E-state index contributed by atoms with van der Waals surface area (Å²) in [5.74, 6) is -0.226. The maximum absolute atomic E-state index is 12.3. The number of aromatic nitrogens is 4. The third-order valence-corrected chi connectivity index (χ3v) is 4.08. The van der Waals surface area contributed by atoms with Crippen molar-refractivity contribution in [2.75, 3.05) is 13.2 Å². The molecule has 0 bridgehead atoms. The molecule has 0 aromatic carbocycles. The van der Waals surface area contributed by atoms with Gasteiger partial charge in [0.1, 0.15) is 6.54 Å². The van der Waals surface area contributed by atoms with E-state index in [2.05, 4.69) is 10.3 Å². The van der Waals surface area contributed by atoms with Gasteiger partial charge in [0.25, 0.3) is 5.56 Å². The van der Waals surface area contributed by atoms with Gasteiger partial charge in [-0.25, -0.2) is 9.78 Å². The predicted molar refractivity (Wildman–Crippen MR) is 82.2 cm³/mol. The van der Waals surface area contributed by atoms with Crippen molar-refractivity contribution in [3.8, 4) is 0 Å². The van der Waals surface area contributed by atoms with Crippen LogP contribution in [0.25, 0.3) is 11.2 Å². The average Bonchev–Trinajstić information content (AvgIpc) is 3.18. The highest BCUT2D eigenvalue weighted by Crippen LogP contribution is 2.10. The van der Waals surface area contributed by atoms with E-state index in [0.717, 1.165) is 24.0 Å². The number of hydrogen-bond acceptors (Lipinski definition) is 5. The summed E-state index contributed by atoms with van der Waals surface area (Å²) in [6, 6.07) is 0. The van der Waals surface area contributed by atoms with E-state index in [1.807, 2.05) is 0 Å². The van der Waals surface area contributed by atoms with Gasteiger partial charge in [0, 0.05) is 27.2 Å². The first-order valence-corrected chi connectivity index (χ1v) is 7.48. The summed E-state index contributed by atoms with van der Waals surface area (Å²) in [7, 11) is 2.94. The molecule has 0 spiro atoms. The summed E-state index contributed by atoms with van der Waals surface area (Å²) in [6.45, 7) is 1.16. The first-order chi connectivity index (χ1) is 11.0. The molecule has 9 nitrogen and oxygen atoms in total. The molecule has 124 valence electrons. The van der Waals surface area contributed by atoms with Crippen LogP contribution in [-0.2, 0) is 30.2 Å².